The number of benzene rings is 2. The molecule has 0 atom stereocenters. The topological polar surface area (TPSA) is 98.7 Å². The summed E-state index contributed by atoms with van der Waals surface area (Å²) in [5.41, 5.74) is 2.33. The summed E-state index contributed by atoms with van der Waals surface area (Å²) >= 11 is 0. The molecule has 0 saturated carbocycles. The molecule has 0 radical (unpaired) electrons. The van der Waals surface area contributed by atoms with Crippen LogP contribution in [0.5, 0.6) is 5.75 Å². The molecule has 1 N–H and O–H groups in total. The number of esters is 1. The lowest BCUT2D eigenvalue weighted by atomic mass is 10.1. The average molecular weight is 378 g/mol. The Kier molecular flexibility index (Phi) is 4.11. The van der Waals surface area contributed by atoms with E-state index in [1.54, 1.807) is 29.6 Å². The first-order valence-electron chi connectivity index (χ1n) is 8.67. The molecule has 8 nitrogen and oxygen atoms in total. The van der Waals surface area contributed by atoms with Gasteiger partial charge < -0.3 is 9.84 Å². The normalized spacial score (nSPS) is 11.2. The van der Waals surface area contributed by atoms with E-state index in [2.05, 4.69) is 10.2 Å². The van der Waals surface area contributed by atoms with E-state index in [0.29, 0.717) is 22.5 Å². The van der Waals surface area contributed by atoms with Gasteiger partial charge in [0.1, 0.15) is 11.3 Å². The summed E-state index contributed by atoms with van der Waals surface area (Å²) in [6.07, 6.45) is 0. The molecule has 2 aromatic carbocycles. The number of carbonyl (C=O) groups is 1. The zero-order valence-corrected chi connectivity index (χ0v) is 15.6. The maximum Gasteiger partial charge on any atom is 0.342 e. The first-order valence-corrected chi connectivity index (χ1v) is 8.67. The second-order valence-electron chi connectivity index (χ2n) is 6.73. The van der Waals surface area contributed by atoms with E-state index in [1.165, 1.54) is 10.6 Å². The van der Waals surface area contributed by atoms with E-state index in [4.69, 9.17) is 4.74 Å². The summed E-state index contributed by atoms with van der Waals surface area (Å²) in [5.74, 6) is -0.0845. The van der Waals surface area contributed by atoms with E-state index >= 15 is 0 Å². The van der Waals surface area contributed by atoms with Crippen molar-refractivity contribution in [1.29, 1.82) is 0 Å². The first-order chi connectivity index (χ1) is 13.4. The molecular weight excluding hydrogens is 360 g/mol. The minimum absolute atomic E-state index is 0.0849. The Morgan fingerprint density at radius 1 is 1.11 bits per heavy atom. The molecule has 2 aromatic heterocycles. The van der Waals surface area contributed by atoms with Crippen molar-refractivity contribution in [2.45, 2.75) is 20.5 Å². The van der Waals surface area contributed by atoms with Crippen molar-refractivity contribution in [1.82, 2.24) is 19.2 Å². The van der Waals surface area contributed by atoms with Crippen LogP contribution in [-0.4, -0.2) is 30.2 Å². The highest BCUT2D eigenvalue weighted by molar-refractivity contribution is 5.92. The minimum atomic E-state index is -0.664. The molecule has 28 heavy (non-hydrogen) atoms. The molecule has 0 amide bonds. The van der Waals surface area contributed by atoms with Crippen molar-refractivity contribution in [2.75, 3.05) is 0 Å². The number of rotatable bonds is 3. The molecule has 0 bridgehead atoms. The molecule has 8 heteroatoms. The predicted molar refractivity (Wildman–Crippen MR) is 102 cm³/mol. The van der Waals surface area contributed by atoms with Crippen molar-refractivity contribution >= 4 is 22.6 Å². The number of phenolic OH excluding ortho intramolecular Hbond substituents is 1. The zero-order valence-electron chi connectivity index (χ0n) is 15.6. The molecule has 0 fully saturated rings. The van der Waals surface area contributed by atoms with Crippen LogP contribution in [0.3, 0.4) is 0 Å². The number of ether oxygens (including phenoxy) is 1. The van der Waals surface area contributed by atoms with Gasteiger partial charge in [-0.1, -0.05) is 23.3 Å². The molecule has 0 unspecified atom stereocenters. The lowest BCUT2D eigenvalue weighted by Gasteiger charge is -2.09. The van der Waals surface area contributed by atoms with Gasteiger partial charge in [0.25, 0.3) is 5.56 Å². The Balaban J connectivity index is 1.76. The number of carbonyl (C=O) groups excluding carboxylic acids is 1. The van der Waals surface area contributed by atoms with E-state index in [0.717, 1.165) is 11.1 Å². The fourth-order valence-electron chi connectivity index (χ4n) is 3.17. The third-order valence-electron chi connectivity index (χ3n) is 4.65. The van der Waals surface area contributed by atoms with Crippen LogP contribution in [0.2, 0.25) is 0 Å². The highest BCUT2D eigenvalue weighted by Gasteiger charge is 2.18. The van der Waals surface area contributed by atoms with Crippen LogP contribution in [0.25, 0.3) is 16.7 Å². The summed E-state index contributed by atoms with van der Waals surface area (Å²) in [4.78, 5) is 25.0. The van der Waals surface area contributed by atoms with E-state index < -0.39 is 5.97 Å². The van der Waals surface area contributed by atoms with Crippen LogP contribution in [-0.2, 0) is 18.4 Å². The smallest absolute Gasteiger partial charge is 0.342 e. The van der Waals surface area contributed by atoms with Crippen LogP contribution in [0.1, 0.15) is 27.3 Å². The second kappa shape index (κ2) is 6.49. The van der Waals surface area contributed by atoms with Gasteiger partial charge in [-0.2, -0.15) is 0 Å². The van der Waals surface area contributed by atoms with Gasteiger partial charge in [0.15, 0.2) is 12.4 Å². The lowest BCUT2D eigenvalue weighted by molar-refractivity contribution is 0.0458. The van der Waals surface area contributed by atoms with Gasteiger partial charge in [-0.25, -0.2) is 4.79 Å². The fourth-order valence-corrected chi connectivity index (χ4v) is 3.17. The number of hydrogen-bond donors (Lipinski definition) is 1. The Morgan fingerprint density at radius 3 is 2.61 bits per heavy atom. The van der Waals surface area contributed by atoms with Crippen LogP contribution < -0.4 is 5.56 Å². The van der Waals surface area contributed by atoms with E-state index in [-0.39, 0.29) is 23.5 Å². The monoisotopic (exact) mass is 378 g/mol. The highest BCUT2D eigenvalue weighted by atomic mass is 16.5. The number of hydrogen-bond acceptors (Lipinski definition) is 6. The maximum absolute atomic E-state index is 12.6. The second-order valence-corrected chi connectivity index (χ2v) is 6.73. The number of fused-ring (bicyclic) bond motifs is 3. The predicted octanol–water partition coefficient (Wildman–Crippen LogP) is 2.26. The average Bonchev–Trinajstić information content (AvgIpc) is 3.10. The van der Waals surface area contributed by atoms with Crippen LogP contribution in [0, 0.1) is 13.8 Å². The van der Waals surface area contributed by atoms with Crippen LogP contribution in [0.4, 0.5) is 0 Å². The van der Waals surface area contributed by atoms with Crippen molar-refractivity contribution in [3.8, 4) is 5.75 Å². The zero-order chi connectivity index (χ0) is 20.0. The molecule has 142 valence electrons. The Labute approximate surface area is 159 Å². The maximum atomic E-state index is 12.6. The van der Waals surface area contributed by atoms with Gasteiger partial charge in [0.2, 0.25) is 5.78 Å². The van der Waals surface area contributed by atoms with Crippen LogP contribution >= 0.6 is 0 Å². The van der Waals surface area contributed by atoms with Gasteiger partial charge in [-0.3, -0.25) is 13.8 Å². The standard InChI is InChI=1S/C20H18N4O4/c1-11-4-6-15-13(8-11)18(26)23(3)20-22-21-17(24(15)20)10-28-19(27)14-9-12(2)5-7-16(14)25/h4-9,25H,10H2,1-3H3. The molecule has 0 saturated heterocycles. The van der Waals surface area contributed by atoms with Gasteiger partial charge in [0, 0.05) is 7.05 Å². The SMILES string of the molecule is Cc1ccc(O)c(C(=O)OCc2nnc3n(C)c(=O)c4cc(C)ccc4n23)c1. The number of aromatic hydroxyl groups is 1. The minimum Gasteiger partial charge on any atom is -0.507 e. The van der Waals surface area contributed by atoms with Gasteiger partial charge in [-0.05, 0) is 38.1 Å². The summed E-state index contributed by atoms with van der Waals surface area (Å²) in [7, 11) is 1.62. The van der Waals surface area contributed by atoms with Crippen molar-refractivity contribution in [3.63, 3.8) is 0 Å². The molecule has 0 aliphatic heterocycles. The summed E-state index contributed by atoms with van der Waals surface area (Å²) in [5, 5.41) is 18.6. The lowest BCUT2D eigenvalue weighted by Crippen LogP contribution is -2.20. The van der Waals surface area contributed by atoms with E-state index in [9.17, 15) is 14.7 Å². The van der Waals surface area contributed by atoms with E-state index in [1.807, 2.05) is 26.0 Å². The van der Waals surface area contributed by atoms with Crippen molar-refractivity contribution < 1.29 is 14.6 Å². The fraction of sp³-hybridized carbons (Fsp3) is 0.200. The molecule has 0 aliphatic rings. The first kappa shape index (κ1) is 17.7. The molecule has 0 spiro atoms. The van der Waals surface area contributed by atoms with Gasteiger partial charge >= 0.3 is 5.97 Å². The highest BCUT2D eigenvalue weighted by Crippen LogP contribution is 2.20. The number of nitrogens with zero attached hydrogens (tertiary/aromatic N) is 4. The van der Waals surface area contributed by atoms with Crippen molar-refractivity contribution in [3.05, 3.63) is 69.3 Å². The number of phenols is 1. The van der Waals surface area contributed by atoms with Gasteiger partial charge in [-0.15, -0.1) is 10.2 Å². The molecule has 4 aromatic rings. The number of aryl methyl sites for hydroxylation is 3. The Hall–Kier alpha value is -3.68. The molecule has 0 aliphatic carbocycles. The molecular formula is C20H18N4O4. The largest absolute Gasteiger partial charge is 0.507 e. The Morgan fingerprint density at radius 2 is 1.82 bits per heavy atom. The van der Waals surface area contributed by atoms with Crippen molar-refractivity contribution in [2.24, 2.45) is 7.05 Å². The third kappa shape index (κ3) is 2.79. The summed E-state index contributed by atoms with van der Waals surface area (Å²) in [6, 6.07) is 10.2. The van der Waals surface area contributed by atoms with Gasteiger partial charge in [0.05, 0.1) is 10.9 Å². The molecule has 2 heterocycles. The summed E-state index contributed by atoms with van der Waals surface area (Å²) in [6.45, 7) is 3.57. The summed E-state index contributed by atoms with van der Waals surface area (Å²) < 4.78 is 8.45. The quantitative estimate of drug-likeness (QED) is 0.549. The number of aromatic nitrogens is 4. The molecule has 4 rings (SSSR count). The third-order valence-corrected chi connectivity index (χ3v) is 4.65. The van der Waals surface area contributed by atoms with Crippen LogP contribution in [0.15, 0.2) is 41.2 Å². The Bertz CT molecular complexity index is 1300.